The molecule has 0 aliphatic heterocycles. The Labute approximate surface area is 124 Å². The zero-order valence-electron chi connectivity index (χ0n) is 12.6. The van der Waals surface area contributed by atoms with Crippen molar-refractivity contribution in [3.8, 4) is 0 Å². The van der Waals surface area contributed by atoms with Crippen molar-refractivity contribution in [1.82, 2.24) is 5.32 Å². The molecule has 0 spiro atoms. The molecule has 1 saturated carbocycles. The highest BCUT2D eigenvalue weighted by Gasteiger charge is 2.28. The number of hydrogen-bond donors (Lipinski definition) is 2. The Morgan fingerprint density at radius 2 is 2.05 bits per heavy atom. The standard InChI is InChI=1S/C15H21N3O3/c1-9(14(19)17-11-5-6-11)21-15(20)12-8-10(16)4-7-13(12)18(2)3/h4,7-9,11H,5-6,16H2,1-3H3,(H,17,19). The molecule has 1 aliphatic carbocycles. The summed E-state index contributed by atoms with van der Waals surface area (Å²) in [6.45, 7) is 1.57. The fraction of sp³-hybridized carbons (Fsp3) is 0.467. The van der Waals surface area contributed by atoms with Gasteiger partial charge in [0.05, 0.1) is 11.3 Å². The Bertz CT molecular complexity index is 553. The van der Waals surface area contributed by atoms with Gasteiger partial charge in [-0.1, -0.05) is 0 Å². The maximum absolute atomic E-state index is 12.3. The van der Waals surface area contributed by atoms with Crippen LogP contribution in [0.15, 0.2) is 18.2 Å². The van der Waals surface area contributed by atoms with E-state index in [0.717, 1.165) is 12.8 Å². The number of nitrogens with two attached hydrogens (primary N) is 1. The third kappa shape index (κ3) is 3.87. The molecule has 1 fully saturated rings. The monoisotopic (exact) mass is 291 g/mol. The molecule has 0 aromatic heterocycles. The van der Waals surface area contributed by atoms with E-state index in [1.54, 1.807) is 30.0 Å². The molecule has 2 rings (SSSR count). The number of anilines is 2. The maximum Gasteiger partial charge on any atom is 0.341 e. The minimum atomic E-state index is -0.824. The SMILES string of the molecule is CC(OC(=O)c1cc(N)ccc1N(C)C)C(=O)NC1CC1. The van der Waals surface area contributed by atoms with Crippen LogP contribution >= 0.6 is 0 Å². The number of amides is 1. The predicted molar refractivity (Wildman–Crippen MR) is 81.2 cm³/mol. The van der Waals surface area contributed by atoms with E-state index in [4.69, 9.17) is 10.5 Å². The average molecular weight is 291 g/mol. The molecule has 1 unspecified atom stereocenters. The first-order valence-corrected chi connectivity index (χ1v) is 6.96. The first kappa shape index (κ1) is 15.2. The van der Waals surface area contributed by atoms with Gasteiger partial charge in [-0.25, -0.2) is 4.79 Å². The van der Waals surface area contributed by atoms with Crippen molar-refractivity contribution in [2.24, 2.45) is 0 Å². The minimum absolute atomic E-state index is 0.239. The van der Waals surface area contributed by atoms with E-state index in [2.05, 4.69) is 5.32 Å². The maximum atomic E-state index is 12.3. The Hall–Kier alpha value is -2.24. The summed E-state index contributed by atoms with van der Waals surface area (Å²) in [5.41, 5.74) is 7.25. The Balaban J connectivity index is 2.08. The van der Waals surface area contributed by atoms with E-state index >= 15 is 0 Å². The van der Waals surface area contributed by atoms with E-state index in [1.165, 1.54) is 0 Å². The summed E-state index contributed by atoms with van der Waals surface area (Å²) in [4.78, 5) is 25.9. The summed E-state index contributed by atoms with van der Waals surface area (Å²) in [5.74, 6) is -0.814. The van der Waals surface area contributed by atoms with Gasteiger partial charge >= 0.3 is 5.97 Å². The second-order valence-electron chi connectivity index (χ2n) is 5.50. The highest BCUT2D eigenvalue weighted by atomic mass is 16.5. The lowest BCUT2D eigenvalue weighted by molar-refractivity contribution is -0.129. The molecule has 0 heterocycles. The van der Waals surface area contributed by atoms with E-state index in [9.17, 15) is 9.59 Å². The highest BCUT2D eigenvalue weighted by Crippen LogP contribution is 2.23. The van der Waals surface area contributed by atoms with E-state index in [-0.39, 0.29) is 11.9 Å². The van der Waals surface area contributed by atoms with Crippen LogP contribution < -0.4 is 16.0 Å². The normalized spacial score (nSPS) is 15.2. The quantitative estimate of drug-likeness (QED) is 0.628. The number of benzene rings is 1. The van der Waals surface area contributed by atoms with Crippen molar-refractivity contribution in [1.29, 1.82) is 0 Å². The van der Waals surface area contributed by atoms with Gasteiger partial charge in [0.2, 0.25) is 0 Å². The summed E-state index contributed by atoms with van der Waals surface area (Å²) in [6.07, 6.45) is 1.16. The molecule has 0 bridgehead atoms. The zero-order valence-corrected chi connectivity index (χ0v) is 12.6. The molecule has 21 heavy (non-hydrogen) atoms. The lowest BCUT2D eigenvalue weighted by Gasteiger charge is -2.19. The predicted octanol–water partition coefficient (Wildman–Crippen LogP) is 1.16. The van der Waals surface area contributed by atoms with Crippen LogP contribution in [0.25, 0.3) is 0 Å². The number of nitrogen functional groups attached to an aromatic ring is 1. The first-order valence-electron chi connectivity index (χ1n) is 6.96. The van der Waals surface area contributed by atoms with Crippen molar-refractivity contribution in [2.75, 3.05) is 24.7 Å². The molecule has 1 aromatic carbocycles. The fourth-order valence-corrected chi connectivity index (χ4v) is 1.93. The molecular formula is C15H21N3O3. The van der Waals surface area contributed by atoms with Crippen molar-refractivity contribution < 1.29 is 14.3 Å². The van der Waals surface area contributed by atoms with Crippen molar-refractivity contribution in [3.63, 3.8) is 0 Å². The zero-order chi connectivity index (χ0) is 15.6. The molecule has 1 aromatic rings. The van der Waals surface area contributed by atoms with Gasteiger partial charge < -0.3 is 20.7 Å². The largest absolute Gasteiger partial charge is 0.449 e. The average Bonchev–Trinajstić information content (AvgIpc) is 3.21. The molecule has 1 amide bonds. The molecular weight excluding hydrogens is 270 g/mol. The van der Waals surface area contributed by atoms with Crippen LogP contribution in [-0.4, -0.2) is 38.1 Å². The molecule has 0 radical (unpaired) electrons. The molecule has 114 valence electrons. The van der Waals surface area contributed by atoms with Crippen LogP contribution in [0.1, 0.15) is 30.1 Å². The highest BCUT2D eigenvalue weighted by molar-refractivity contribution is 5.98. The first-order chi connectivity index (χ1) is 9.88. The molecule has 1 aliphatic rings. The minimum Gasteiger partial charge on any atom is -0.449 e. The van der Waals surface area contributed by atoms with Gasteiger partial charge in [0.25, 0.3) is 5.91 Å². The lowest BCUT2D eigenvalue weighted by atomic mass is 10.1. The van der Waals surface area contributed by atoms with Crippen molar-refractivity contribution in [2.45, 2.75) is 31.9 Å². The fourth-order valence-electron chi connectivity index (χ4n) is 1.93. The number of ether oxygens (including phenoxy) is 1. The van der Waals surface area contributed by atoms with Gasteiger partial charge in [-0.05, 0) is 38.0 Å². The summed E-state index contributed by atoms with van der Waals surface area (Å²) in [6, 6.07) is 5.27. The summed E-state index contributed by atoms with van der Waals surface area (Å²) >= 11 is 0. The number of carbonyl (C=O) groups excluding carboxylic acids is 2. The summed E-state index contributed by atoms with van der Waals surface area (Å²) in [5, 5.41) is 2.81. The number of carbonyl (C=O) groups is 2. The Morgan fingerprint density at radius 1 is 1.38 bits per heavy atom. The van der Waals surface area contributed by atoms with Crippen LogP contribution in [0.3, 0.4) is 0 Å². The van der Waals surface area contributed by atoms with Gasteiger partial charge in [0, 0.05) is 25.8 Å². The topological polar surface area (TPSA) is 84.7 Å². The smallest absolute Gasteiger partial charge is 0.341 e. The Morgan fingerprint density at radius 3 is 2.62 bits per heavy atom. The molecule has 6 nitrogen and oxygen atoms in total. The number of esters is 1. The number of rotatable bonds is 5. The second-order valence-corrected chi connectivity index (χ2v) is 5.50. The summed E-state index contributed by atoms with van der Waals surface area (Å²) < 4.78 is 5.24. The van der Waals surface area contributed by atoms with Crippen LogP contribution in [0.2, 0.25) is 0 Å². The van der Waals surface area contributed by atoms with Crippen LogP contribution in [0, 0.1) is 0 Å². The number of hydrogen-bond acceptors (Lipinski definition) is 5. The van der Waals surface area contributed by atoms with Gasteiger partial charge in [-0.2, -0.15) is 0 Å². The van der Waals surface area contributed by atoms with Gasteiger partial charge in [0.15, 0.2) is 6.10 Å². The van der Waals surface area contributed by atoms with Gasteiger partial charge in [-0.15, -0.1) is 0 Å². The lowest BCUT2D eigenvalue weighted by Crippen LogP contribution is -2.37. The summed E-state index contributed by atoms with van der Waals surface area (Å²) in [7, 11) is 3.65. The Kier molecular flexibility index (Phi) is 4.35. The van der Waals surface area contributed by atoms with Crippen molar-refractivity contribution >= 4 is 23.3 Å². The number of nitrogens with one attached hydrogen (secondary N) is 1. The van der Waals surface area contributed by atoms with Gasteiger partial charge in [0.1, 0.15) is 0 Å². The number of nitrogens with zero attached hydrogens (tertiary/aromatic N) is 1. The van der Waals surface area contributed by atoms with E-state index < -0.39 is 12.1 Å². The molecule has 6 heteroatoms. The molecule has 1 atom stereocenters. The van der Waals surface area contributed by atoms with E-state index in [0.29, 0.717) is 16.9 Å². The van der Waals surface area contributed by atoms with Crippen LogP contribution in [-0.2, 0) is 9.53 Å². The van der Waals surface area contributed by atoms with Crippen LogP contribution in [0.4, 0.5) is 11.4 Å². The molecule has 3 N–H and O–H groups in total. The second kappa shape index (κ2) is 6.03. The van der Waals surface area contributed by atoms with Gasteiger partial charge in [-0.3, -0.25) is 4.79 Å². The van der Waals surface area contributed by atoms with Crippen molar-refractivity contribution in [3.05, 3.63) is 23.8 Å². The van der Waals surface area contributed by atoms with Crippen LogP contribution in [0.5, 0.6) is 0 Å². The van der Waals surface area contributed by atoms with E-state index in [1.807, 2.05) is 14.1 Å². The third-order valence-electron chi connectivity index (χ3n) is 3.30. The third-order valence-corrected chi connectivity index (χ3v) is 3.30. The molecule has 0 saturated heterocycles.